The summed E-state index contributed by atoms with van der Waals surface area (Å²) in [5, 5.41) is 12.9. The Balaban J connectivity index is 4.03. The molecule has 9 nitrogen and oxygen atoms in total. The molecule has 0 spiro atoms. The van der Waals surface area contributed by atoms with E-state index in [4.69, 9.17) is 10.8 Å². The first-order valence-corrected chi connectivity index (χ1v) is 4.99. The van der Waals surface area contributed by atoms with Crippen molar-refractivity contribution < 1.29 is 29.0 Å². The van der Waals surface area contributed by atoms with Crippen molar-refractivity contribution in [1.29, 1.82) is 0 Å². The number of carboxylic acids is 1. The van der Waals surface area contributed by atoms with Crippen molar-refractivity contribution in [2.24, 2.45) is 5.73 Å². The second kappa shape index (κ2) is 8.01. The zero-order valence-electron chi connectivity index (χ0n) is 9.76. The van der Waals surface area contributed by atoms with Gasteiger partial charge in [0.15, 0.2) is 6.04 Å². The zero-order chi connectivity index (χ0) is 14.1. The molecule has 18 heavy (non-hydrogen) atoms. The standard InChI is InChI=1S/C9H15N3O6/c1-5(13)12-6(9(16)17)4-18-8(15)3-11-7(14)2-10/h6H,2-4,10H2,1H3,(H,11,14)(H,12,13)(H,16,17)/t6-/m0/s1. The molecule has 0 saturated heterocycles. The summed E-state index contributed by atoms with van der Waals surface area (Å²) in [4.78, 5) is 43.1. The highest BCUT2D eigenvalue weighted by molar-refractivity contribution is 5.84. The Morgan fingerprint density at radius 3 is 2.39 bits per heavy atom. The van der Waals surface area contributed by atoms with Crippen LogP contribution >= 0.6 is 0 Å². The Kier molecular flexibility index (Phi) is 7.05. The molecule has 0 aromatic carbocycles. The van der Waals surface area contributed by atoms with E-state index in [9.17, 15) is 19.2 Å². The molecule has 0 aromatic rings. The Labute approximate surface area is 103 Å². The smallest absolute Gasteiger partial charge is 0.329 e. The number of hydrogen-bond acceptors (Lipinski definition) is 6. The highest BCUT2D eigenvalue weighted by Gasteiger charge is 2.20. The number of esters is 1. The molecule has 0 rings (SSSR count). The fourth-order valence-corrected chi connectivity index (χ4v) is 0.890. The number of nitrogens with one attached hydrogen (secondary N) is 2. The number of amides is 2. The van der Waals surface area contributed by atoms with Gasteiger partial charge in [-0.2, -0.15) is 0 Å². The molecule has 1 atom stereocenters. The van der Waals surface area contributed by atoms with Gasteiger partial charge in [0.05, 0.1) is 6.54 Å². The summed E-state index contributed by atoms with van der Waals surface area (Å²) in [6.07, 6.45) is 0. The molecule has 9 heteroatoms. The summed E-state index contributed by atoms with van der Waals surface area (Å²) in [7, 11) is 0. The summed E-state index contributed by atoms with van der Waals surface area (Å²) >= 11 is 0. The quantitative estimate of drug-likeness (QED) is 0.361. The minimum Gasteiger partial charge on any atom is -0.480 e. The average molecular weight is 261 g/mol. The van der Waals surface area contributed by atoms with Crippen LogP contribution in [0, 0.1) is 0 Å². The Morgan fingerprint density at radius 1 is 1.33 bits per heavy atom. The van der Waals surface area contributed by atoms with Crippen LogP contribution in [0.5, 0.6) is 0 Å². The lowest BCUT2D eigenvalue weighted by Crippen LogP contribution is -2.44. The van der Waals surface area contributed by atoms with E-state index in [-0.39, 0.29) is 6.54 Å². The van der Waals surface area contributed by atoms with Crippen molar-refractivity contribution in [3.63, 3.8) is 0 Å². The van der Waals surface area contributed by atoms with Gasteiger partial charge in [0.1, 0.15) is 13.2 Å². The van der Waals surface area contributed by atoms with Crippen LogP contribution in [0.2, 0.25) is 0 Å². The van der Waals surface area contributed by atoms with Gasteiger partial charge in [0, 0.05) is 6.92 Å². The molecule has 2 amide bonds. The van der Waals surface area contributed by atoms with E-state index in [1.54, 1.807) is 0 Å². The maximum Gasteiger partial charge on any atom is 0.329 e. The number of ether oxygens (including phenoxy) is 1. The van der Waals surface area contributed by atoms with Crippen molar-refractivity contribution >= 4 is 23.8 Å². The van der Waals surface area contributed by atoms with E-state index >= 15 is 0 Å². The molecule has 0 aliphatic rings. The molecule has 0 aromatic heterocycles. The minimum absolute atomic E-state index is 0.267. The van der Waals surface area contributed by atoms with Gasteiger partial charge >= 0.3 is 11.9 Å². The van der Waals surface area contributed by atoms with E-state index in [1.807, 2.05) is 0 Å². The van der Waals surface area contributed by atoms with Crippen LogP contribution in [-0.4, -0.2) is 54.6 Å². The first-order chi connectivity index (χ1) is 8.36. The van der Waals surface area contributed by atoms with E-state index in [0.29, 0.717) is 0 Å². The lowest BCUT2D eigenvalue weighted by molar-refractivity contribution is -0.150. The van der Waals surface area contributed by atoms with Crippen molar-refractivity contribution in [3.05, 3.63) is 0 Å². The second-order valence-corrected chi connectivity index (χ2v) is 3.26. The monoisotopic (exact) mass is 261 g/mol. The fraction of sp³-hybridized carbons (Fsp3) is 0.556. The van der Waals surface area contributed by atoms with Crippen LogP contribution in [-0.2, 0) is 23.9 Å². The first-order valence-electron chi connectivity index (χ1n) is 4.99. The molecule has 0 bridgehead atoms. The third kappa shape index (κ3) is 7.17. The molecule has 0 aliphatic carbocycles. The number of rotatable bonds is 7. The van der Waals surface area contributed by atoms with E-state index in [1.165, 1.54) is 0 Å². The highest BCUT2D eigenvalue weighted by Crippen LogP contribution is 1.88. The lowest BCUT2D eigenvalue weighted by atomic mass is 10.3. The molecule has 0 heterocycles. The van der Waals surface area contributed by atoms with Gasteiger partial charge in [-0.3, -0.25) is 14.4 Å². The zero-order valence-corrected chi connectivity index (χ0v) is 9.76. The summed E-state index contributed by atoms with van der Waals surface area (Å²) in [5.41, 5.74) is 4.99. The predicted molar refractivity (Wildman–Crippen MR) is 58.3 cm³/mol. The topological polar surface area (TPSA) is 148 Å². The maximum atomic E-state index is 11.1. The third-order valence-corrected chi connectivity index (χ3v) is 1.70. The number of aliphatic carboxylic acids is 1. The summed E-state index contributed by atoms with van der Waals surface area (Å²) in [5.74, 6) is -3.25. The Morgan fingerprint density at radius 2 is 1.94 bits per heavy atom. The number of nitrogens with two attached hydrogens (primary N) is 1. The lowest BCUT2D eigenvalue weighted by Gasteiger charge is -2.13. The average Bonchev–Trinajstić information content (AvgIpc) is 2.30. The highest BCUT2D eigenvalue weighted by atomic mass is 16.5. The van der Waals surface area contributed by atoms with Crippen LogP contribution < -0.4 is 16.4 Å². The first kappa shape index (κ1) is 15.8. The largest absolute Gasteiger partial charge is 0.480 e. The number of carbonyl (C=O) groups excluding carboxylic acids is 3. The molecule has 5 N–H and O–H groups in total. The van der Waals surface area contributed by atoms with Gasteiger partial charge in [-0.25, -0.2) is 4.79 Å². The molecule has 0 radical (unpaired) electrons. The van der Waals surface area contributed by atoms with Gasteiger partial charge in [0.2, 0.25) is 11.8 Å². The number of carboxylic acid groups (broad SMARTS) is 1. The predicted octanol–water partition coefficient (Wildman–Crippen LogP) is -2.81. The van der Waals surface area contributed by atoms with Crippen molar-refractivity contribution in [1.82, 2.24) is 10.6 Å². The Hall–Kier alpha value is -2.16. The molecular weight excluding hydrogens is 246 g/mol. The van der Waals surface area contributed by atoms with Crippen LogP contribution in [0.3, 0.4) is 0 Å². The SMILES string of the molecule is CC(=O)N[C@@H](COC(=O)CNC(=O)CN)C(=O)O. The van der Waals surface area contributed by atoms with Crippen molar-refractivity contribution in [2.45, 2.75) is 13.0 Å². The number of hydrogen-bond donors (Lipinski definition) is 4. The molecule has 0 saturated carbocycles. The minimum atomic E-state index is -1.33. The van der Waals surface area contributed by atoms with Gasteiger partial charge in [0.25, 0.3) is 0 Å². The molecular formula is C9H15N3O6. The van der Waals surface area contributed by atoms with Gasteiger partial charge < -0.3 is 26.2 Å². The van der Waals surface area contributed by atoms with Gasteiger partial charge in [-0.15, -0.1) is 0 Å². The molecule has 102 valence electrons. The van der Waals surface area contributed by atoms with Gasteiger partial charge in [-0.05, 0) is 0 Å². The number of carbonyl (C=O) groups is 4. The van der Waals surface area contributed by atoms with Crippen molar-refractivity contribution in [2.75, 3.05) is 19.7 Å². The normalized spacial score (nSPS) is 11.2. The van der Waals surface area contributed by atoms with E-state index < -0.39 is 42.9 Å². The maximum absolute atomic E-state index is 11.1. The van der Waals surface area contributed by atoms with Crippen LogP contribution in [0.4, 0.5) is 0 Å². The van der Waals surface area contributed by atoms with E-state index in [2.05, 4.69) is 15.4 Å². The van der Waals surface area contributed by atoms with Crippen molar-refractivity contribution in [3.8, 4) is 0 Å². The van der Waals surface area contributed by atoms with Crippen LogP contribution in [0.1, 0.15) is 6.92 Å². The summed E-state index contributed by atoms with van der Waals surface area (Å²) in [6, 6.07) is -1.32. The van der Waals surface area contributed by atoms with E-state index in [0.717, 1.165) is 6.92 Å². The van der Waals surface area contributed by atoms with Crippen LogP contribution in [0.15, 0.2) is 0 Å². The molecule has 0 aliphatic heterocycles. The summed E-state index contributed by atoms with van der Waals surface area (Å²) < 4.78 is 4.57. The van der Waals surface area contributed by atoms with Crippen LogP contribution in [0.25, 0.3) is 0 Å². The summed E-state index contributed by atoms with van der Waals surface area (Å²) in [6.45, 7) is -0.0646. The van der Waals surface area contributed by atoms with Gasteiger partial charge in [-0.1, -0.05) is 0 Å². The fourth-order valence-electron chi connectivity index (χ4n) is 0.890. The molecule has 0 unspecified atom stereocenters. The molecule has 0 fully saturated rings. The Bertz CT molecular complexity index is 343. The second-order valence-electron chi connectivity index (χ2n) is 3.26. The third-order valence-electron chi connectivity index (χ3n) is 1.70.